The number of thiocarbonyl (C=S) groups is 1. The summed E-state index contributed by atoms with van der Waals surface area (Å²) in [6.45, 7) is 9.45. The van der Waals surface area contributed by atoms with Crippen LogP contribution in [-0.2, 0) is 0 Å². The molecule has 0 bridgehead atoms. The Balaban J connectivity index is 1.66. The summed E-state index contributed by atoms with van der Waals surface area (Å²) in [5.41, 5.74) is 2.20. The topological polar surface area (TPSA) is 56.8 Å². The second-order valence-corrected chi connectivity index (χ2v) is 7.74. The molecule has 0 aliphatic carbocycles. The maximum absolute atomic E-state index is 12.5. The molecular weight excluding hydrogens is 420 g/mol. The van der Waals surface area contributed by atoms with Gasteiger partial charge in [-0.3, -0.25) is 10.1 Å². The van der Waals surface area contributed by atoms with E-state index in [2.05, 4.69) is 27.4 Å². The number of amides is 1. The van der Waals surface area contributed by atoms with Crippen molar-refractivity contribution in [2.24, 2.45) is 0 Å². The Hall–Kier alpha value is -2.35. The zero-order chi connectivity index (χ0) is 21.5. The Kier molecular flexibility index (Phi) is 7.90. The predicted molar refractivity (Wildman–Crippen MR) is 127 cm³/mol. The summed E-state index contributed by atoms with van der Waals surface area (Å²) in [5.74, 6) is 0.442. The molecule has 0 spiro atoms. The van der Waals surface area contributed by atoms with Crippen molar-refractivity contribution in [1.82, 2.24) is 10.2 Å². The van der Waals surface area contributed by atoms with Crippen LogP contribution in [-0.4, -0.2) is 55.3 Å². The lowest BCUT2D eigenvalue weighted by Crippen LogP contribution is -2.46. The number of piperazine rings is 1. The smallest absolute Gasteiger partial charge is 0.257 e. The lowest BCUT2D eigenvalue weighted by atomic mass is 10.2. The Labute approximate surface area is 188 Å². The summed E-state index contributed by atoms with van der Waals surface area (Å²) in [5, 5.41) is 6.76. The Morgan fingerprint density at radius 2 is 1.80 bits per heavy atom. The van der Waals surface area contributed by atoms with Crippen LogP contribution in [0.3, 0.4) is 0 Å². The quantitative estimate of drug-likeness (QED) is 0.654. The van der Waals surface area contributed by atoms with E-state index in [1.165, 1.54) is 0 Å². The van der Waals surface area contributed by atoms with Crippen LogP contribution < -0.4 is 20.3 Å². The SMILES string of the molecule is CCOc1ccc(C(=O)NC(=S)Nc2cccc(Cl)c2N2CCN(CC)CC2)cc1. The number of benzene rings is 2. The van der Waals surface area contributed by atoms with Crippen molar-refractivity contribution >= 4 is 46.2 Å². The van der Waals surface area contributed by atoms with Crippen molar-refractivity contribution in [2.45, 2.75) is 13.8 Å². The standard InChI is InChI=1S/C22H27ClN4O2S/c1-3-26-12-14-27(15-13-26)20-18(23)6-5-7-19(20)24-22(30)25-21(28)16-8-10-17(11-9-16)29-4-2/h5-11H,3-4,12-15H2,1-2H3,(H2,24,25,28,30). The number of hydrogen-bond acceptors (Lipinski definition) is 5. The lowest BCUT2D eigenvalue weighted by molar-refractivity contribution is 0.0977. The van der Waals surface area contributed by atoms with E-state index >= 15 is 0 Å². The first-order valence-corrected chi connectivity index (χ1v) is 10.9. The summed E-state index contributed by atoms with van der Waals surface area (Å²) in [7, 11) is 0. The van der Waals surface area contributed by atoms with Gasteiger partial charge in [0.1, 0.15) is 5.75 Å². The fourth-order valence-corrected chi connectivity index (χ4v) is 3.92. The van der Waals surface area contributed by atoms with Gasteiger partial charge in [-0.15, -0.1) is 0 Å². The van der Waals surface area contributed by atoms with Gasteiger partial charge in [-0.1, -0.05) is 24.6 Å². The number of halogens is 1. The van der Waals surface area contributed by atoms with E-state index in [9.17, 15) is 4.79 Å². The molecule has 6 nitrogen and oxygen atoms in total. The number of nitrogens with zero attached hydrogens (tertiary/aromatic N) is 2. The van der Waals surface area contributed by atoms with Gasteiger partial charge in [-0.05, 0) is 62.1 Å². The monoisotopic (exact) mass is 446 g/mol. The third-order valence-corrected chi connectivity index (χ3v) is 5.53. The highest BCUT2D eigenvalue weighted by molar-refractivity contribution is 7.80. The minimum atomic E-state index is -0.282. The van der Waals surface area contributed by atoms with Crippen LogP contribution in [0.5, 0.6) is 5.75 Å². The molecule has 1 heterocycles. The second kappa shape index (κ2) is 10.6. The summed E-state index contributed by atoms with van der Waals surface area (Å²) >= 11 is 11.9. The van der Waals surface area contributed by atoms with E-state index in [4.69, 9.17) is 28.6 Å². The minimum absolute atomic E-state index is 0.226. The molecule has 8 heteroatoms. The molecule has 0 unspecified atom stereocenters. The van der Waals surface area contributed by atoms with Crippen LogP contribution in [0.4, 0.5) is 11.4 Å². The van der Waals surface area contributed by atoms with Crippen molar-refractivity contribution in [3.63, 3.8) is 0 Å². The summed E-state index contributed by atoms with van der Waals surface area (Å²) in [6.07, 6.45) is 0. The third-order valence-electron chi connectivity index (χ3n) is 5.03. The normalized spacial score (nSPS) is 14.3. The molecule has 2 N–H and O–H groups in total. The first-order valence-electron chi connectivity index (χ1n) is 10.1. The number of likely N-dealkylation sites (N-methyl/N-ethyl adjacent to an activating group) is 1. The van der Waals surface area contributed by atoms with Crippen molar-refractivity contribution < 1.29 is 9.53 Å². The molecule has 160 valence electrons. The largest absolute Gasteiger partial charge is 0.494 e. The third kappa shape index (κ3) is 5.62. The molecule has 2 aromatic rings. The van der Waals surface area contributed by atoms with Crippen LogP contribution >= 0.6 is 23.8 Å². The second-order valence-electron chi connectivity index (χ2n) is 6.92. The highest BCUT2D eigenvalue weighted by Gasteiger charge is 2.21. The number of carbonyl (C=O) groups excluding carboxylic acids is 1. The van der Waals surface area contributed by atoms with E-state index in [1.54, 1.807) is 24.3 Å². The molecule has 1 aliphatic rings. The highest BCUT2D eigenvalue weighted by Crippen LogP contribution is 2.34. The first-order chi connectivity index (χ1) is 14.5. The first kappa shape index (κ1) is 22.3. The van der Waals surface area contributed by atoms with Gasteiger partial charge in [0.15, 0.2) is 5.11 Å². The van der Waals surface area contributed by atoms with E-state index in [-0.39, 0.29) is 11.0 Å². The fraction of sp³-hybridized carbons (Fsp3) is 0.364. The molecule has 1 aliphatic heterocycles. The molecular formula is C22H27ClN4O2S. The van der Waals surface area contributed by atoms with Crippen molar-refractivity contribution in [1.29, 1.82) is 0 Å². The lowest BCUT2D eigenvalue weighted by Gasteiger charge is -2.37. The van der Waals surface area contributed by atoms with Crippen LogP contribution in [0.1, 0.15) is 24.2 Å². The van der Waals surface area contributed by atoms with E-state index in [1.807, 2.05) is 25.1 Å². The zero-order valence-corrected chi connectivity index (χ0v) is 18.9. The molecule has 0 radical (unpaired) electrons. The van der Waals surface area contributed by atoms with Crippen molar-refractivity contribution in [2.75, 3.05) is 49.5 Å². The van der Waals surface area contributed by atoms with Crippen LogP contribution in [0.15, 0.2) is 42.5 Å². The van der Waals surface area contributed by atoms with Gasteiger partial charge < -0.3 is 19.9 Å². The molecule has 0 saturated carbocycles. The number of anilines is 2. The van der Waals surface area contributed by atoms with Gasteiger partial charge in [0.25, 0.3) is 5.91 Å². The fourth-order valence-electron chi connectivity index (χ4n) is 3.42. The maximum Gasteiger partial charge on any atom is 0.257 e. The van der Waals surface area contributed by atoms with E-state index < -0.39 is 0 Å². The molecule has 3 rings (SSSR count). The maximum atomic E-state index is 12.5. The number of carbonyl (C=O) groups is 1. The number of nitrogens with one attached hydrogen (secondary N) is 2. The van der Waals surface area contributed by atoms with Gasteiger partial charge in [-0.25, -0.2) is 0 Å². The number of para-hydroxylation sites is 1. The number of hydrogen-bond donors (Lipinski definition) is 2. The van der Waals surface area contributed by atoms with Crippen LogP contribution in [0.25, 0.3) is 0 Å². The molecule has 0 aromatic heterocycles. The van der Waals surface area contributed by atoms with E-state index in [0.717, 1.165) is 49.8 Å². The molecule has 2 aromatic carbocycles. The van der Waals surface area contributed by atoms with Gasteiger partial charge >= 0.3 is 0 Å². The van der Waals surface area contributed by atoms with Crippen LogP contribution in [0.2, 0.25) is 5.02 Å². The minimum Gasteiger partial charge on any atom is -0.494 e. The van der Waals surface area contributed by atoms with E-state index in [0.29, 0.717) is 17.2 Å². The Bertz CT molecular complexity index is 883. The predicted octanol–water partition coefficient (Wildman–Crippen LogP) is 4.01. The Morgan fingerprint density at radius 3 is 2.43 bits per heavy atom. The summed E-state index contributed by atoms with van der Waals surface area (Å²) < 4.78 is 5.41. The molecule has 1 amide bonds. The average molecular weight is 447 g/mol. The summed E-state index contributed by atoms with van der Waals surface area (Å²) in [4.78, 5) is 17.2. The van der Waals surface area contributed by atoms with Gasteiger partial charge in [-0.2, -0.15) is 0 Å². The van der Waals surface area contributed by atoms with Crippen molar-refractivity contribution in [3.8, 4) is 5.75 Å². The van der Waals surface area contributed by atoms with Gasteiger partial charge in [0.05, 0.1) is 23.0 Å². The number of ether oxygens (including phenoxy) is 1. The molecule has 30 heavy (non-hydrogen) atoms. The van der Waals surface area contributed by atoms with Crippen molar-refractivity contribution in [3.05, 3.63) is 53.1 Å². The Morgan fingerprint density at radius 1 is 1.10 bits per heavy atom. The highest BCUT2D eigenvalue weighted by atomic mass is 35.5. The molecule has 1 fully saturated rings. The summed E-state index contributed by atoms with van der Waals surface area (Å²) in [6, 6.07) is 12.6. The number of rotatable bonds is 6. The van der Waals surface area contributed by atoms with Gasteiger partial charge in [0, 0.05) is 31.7 Å². The zero-order valence-electron chi connectivity index (χ0n) is 17.3. The molecule has 0 atom stereocenters. The van der Waals surface area contributed by atoms with Crippen LogP contribution in [0, 0.1) is 0 Å². The average Bonchev–Trinajstić information content (AvgIpc) is 2.75. The van der Waals surface area contributed by atoms with Gasteiger partial charge in [0.2, 0.25) is 0 Å². The molecule has 1 saturated heterocycles.